The molecular formula is C15H18N2O5. The first-order valence-corrected chi connectivity index (χ1v) is 7.13. The van der Waals surface area contributed by atoms with E-state index in [0.717, 1.165) is 12.8 Å². The first kappa shape index (κ1) is 15.8. The van der Waals surface area contributed by atoms with Crippen LogP contribution >= 0.6 is 0 Å². The summed E-state index contributed by atoms with van der Waals surface area (Å²) in [6, 6.07) is 4.84. The lowest BCUT2D eigenvalue weighted by Crippen LogP contribution is -2.27. The van der Waals surface area contributed by atoms with Gasteiger partial charge in [0.15, 0.2) is 6.61 Å². The molecule has 0 aromatic heterocycles. The van der Waals surface area contributed by atoms with Crippen molar-refractivity contribution in [2.24, 2.45) is 0 Å². The van der Waals surface area contributed by atoms with Crippen molar-refractivity contribution in [3.63, 3.8) is 0 Å². The highest BCUT2D eigenvalue weighted by Crippen LogP contribution is 2.28. The molecule has 3 N–H and O–H groups in total. The summed E-state index contributed by atoms with van der Waals surface area (Å²) in [7, 11) is 0. The molecule has 0 atom stereocenters. The van der Waals surface area contributed by atoms with Crippen molar-refractivity contribution in [2.75, 3.05) is 18.5 Å². The Morgan fingerprint density at radius 1 is 1.27 bits per heavy atom. The van der Waals surface area contributed by atoms with E-state index in [1.165, 1.54) is 0 Å². The molecule has 0 unspecified atom stereocenters. The summed E-state index contributed by atoms with van der Waals surface area (Å²) in [4.78, 5) is 33.5. The second-order valence-corrected chi connectivity index (χ2v) is 5.01. The van der Waals surface area contributed by atoms with Gasteiger partial charge in [-0.25, -0.2) is 0 Å². The number of rotatable bonds is 7. The minimum Gasteiger partial charge on any atom is -0.482 e. The number of nitrogens with one attached hydrogen (secondary N) is 2. The normalized spacial score (nSPS) is 12.8. The highest BCUT2D eigenvalue weighted by molar-refractivity contribution is 5.98. The number of hydrogen-bond donors (Lipinski definition) is 3. The zero-order valence-corrected chi connectivity index (χ0v) is 12.1. The van der Waals surface area contributed by atoms with Gasteiger partial charge in [0, 0.05) is 18.5 Å². The molecule has 0 bridgehead atoms. The van der Waals surface area contributed by atoms with Gasteiger partial charge in [-0.3, -0.25) is 14.4 Å². The van der Waals surface area contributed by atoms with Crippen molar-refractivity contribution in [3.05, 3.63) is 23.8 Å². The van der Waals surface area contributed by atoms with Crippen LogP contribution in [0.2, 0.25) is 0 Å². The molecule has 1 aliphatic rings. The molecule has 0 aliphatic carbocycles. The standard InChI is InChI=1S/C15H18N2O5/c18-13-9-22-12-8-10(5-6-11(12)17-13)15(21)16-7-3-1-2-4-14(19)20/h5-6,8H,1-4,7,9H2,(H,16,21)(H,17,18)(H,19,20). The summed E-state index contributed by atoms with van der Waals surface area (Å²) in [5.74, 6) is -0.758. The molecule has 7 nitrogen and oxygen atoms in total. The van der Waals surface area contributed by atoms with Gasteiger partial charge in [-0.15, -0.1) is 0 Å². The van der Waals surface area contributed by atoms with Crippen LogP contribution in [-0.2, 0) is 9.59 Å². The van der Waals surface area contributed by atoms with E-state index in [2.05, 4.69) is 10.6 Å². The Hall–Kier alpha value is -2.57. The fourth-order valence-corrected chi connectivity index (χ4v) is 2.10. The van der Waals surface area contributed by atoms with Crippen LogP contribution in [0, 0.1) is 0 Å². The number of fused-ring (bicyclic) bond motifs is 1. The monoisotopic (exact) mass is 306 g/mol. The van der Waals surface area contributed by atoms with Crippen LogP contribution in [-0.4, -0.2) is 36.0 Å². The molecule has 1 aliphatic heterocycles. The molecule has 1 heterocycles. The molecule has 1 aromatic carbocycles. The molecule has 0 saturated carbocycles. The van der Waals surface area contributed by atoms with Crippen LogP contribution in [0.25, 0.3) is 0 Å². The van der Waals surface area contributed by atoms with Crippen LogP contribution in [0.1, 0.15) is 36.0 Å². The lowest BCUT2D eigenvalue weighted by molar-refractivity contribution is -0.137. The maximum atomic E-state index is 12.0. The molecule has 0 radical (unpaired) electrons. The van der Waals surface area contributed by atoms with E-state index in [9.17, 15) is 14.4 Å². The lowest BCUT2D eigenvalue weighted by atomic mass is 10.1. The third-order valence-electron chi connectivity index (χ3n) is 3.23. The number of carboxylic acid groups (broad SMARTS) is 1. The fraction of sp³-hybridized carbons (Fsp3) is 0.400. The molecule has 0 spiro atoms. The van der Waals surface area contributed by atoms with Gasteiger partial charge < -0.3 is 20.5 Å². The van der Waals surface area contributed by atoms with Gasteiger partial charge in [-0.1, -0.05) is 6.42 Å². The smallest absolute Gasteiger partial charge is 0.303 e. The topological polar surface area (TPSA) is 105 Å². The maximum Gasteiger partial charge on any atom is 0.303 e. The second-order valence-electron chi connectivity index (χ2n) is 5.01. The van der Waals surface area contributed by atoms with Gasteiger partial charge in [0.1, 0.15) is 5.75 Å². The van der Waals surface area contributed by atoms with Crippen LogP contribution < -0.4 is 15.4 Å². The van der Waals surface area contributed by atoms with E-state index in [1.54, 1.807) is 18.2 Å². The lowest BCUT2D eigenvalue weighted by Gasteiger charge is -2.18. The molecule has 1 aromatic rings. The van der Waals surface area contributed by atoms with E-state index in [4.69, 9.17) is 9.84 Å². The van der Waals surface area contributed by atoms with Gasteiger partial charge in [0.2, 0.25) is 0 Å². The third kappa shape index (κ3) is 4.47. The predicted octanol–water partition coefficient (Wildman–Crippen LogP) is 1.39. The van der Waals surface area contributed by atoms with Crippen LogP contribution in [0.15, 0.2) is 18.2 Å². The highest BCUT2D eigenvalue weighted by atomic mass is 16.5. The quantitative estimate of drug-likeness (QED) is 0.660. The zero-order chi connectivity index (χ0) is 15.9. The first-order valence-electron chi connectivity index (χ1n) is 7.13. The molecule has 7 heteroatoms. The summed E-state index contributed by atoms with van der Waals surface area (Å²) in [6.07, 6.45) is 2.25. The van der Waals surface area contributed by atoms with Crippen molar-refractivity contribution < 1.29 is 24.2 Å². The summed E-state index contributed by atoms with van der Waals surface area (Å²) >= 11 is 0. The fourth-order valence-electron chi connectivity index (χ4n) is 2.10. The summed E-state index contributed by atoms with van der Waals surface area (Å²) < 4.78 is 5.26. The Balaban J connectivity index is 1.78. The largest absolute Gasteiger partial charge is 0.482 e. The van der Waals surface area contributed by atoms with Crippen LogP contribution in [0.3, 0.4) is 0 Å². The minimum absolute atomic E-state index is 0.0539. The Kier molecular flexibility index (Phi) is 5.35. The van der Waals surface area contributed by atoms with E-state index in [1.807, 2.05) is 0 Å². The van der Waals surface area contributed by atoms with Crippen molar-refractivity contribution in [2.45, 2.75) is 25.7 Å². The molecule has 118 valence electrons. The second kappa shape index (κ2) is 7.44. The maximum absolute atomic E-state index is 12.0. The number of hydrogen-bond acceptors (Lipinski definition) is 4. The zero-order valence-electron chi connectivity index (χ0n) is 12.1. The average molecular weight is 306 g/mol. The molecule has 22 heavy (non-hydrogen) atoms. The Labute approximate surface area is 127 Å². The number of carbonyl (C=O) groups excluding carboxylic acids is 2. The Morgan fingerprint density at radius 2 is 2.09 bits per heavy atom. The van der Waals surface area contributed by atoms with Crippen molar-refractivity contribution in [1.82, 2.24) is 5.32 Å². The summed E-state index contributed by atoms with van der Waals surface area (Å²) in [6.45, 7) is 0.439. The van der Waals surface area contributed by atoms with Gasteiger partial charge in [0.25, 0.3) is 11.8 Å². The predicted molar refractivity (Wildman–Crippen MR) is 79.0 cm³/mol. The number of benzene rings is 1. The van der Waals surface area contributed by atoms with Gasteiger partial charge in [0.05, 0.1) is 5.69 Å². The molecule has 2 rings (SSSR count). The Bertz CT molecular complexity index is 585. The van der Waals surface area contributed by atoms with E-state index < -0.39 is 5.97 Å². The number of aliphatic carboxylic acids is 1. The summed E-state index contributed by atoms with van der Waals surface area (Å²) in [5.41, 5.74) is 1.02. The Morgan fingerprint density at radius 3 is 2.86 bits per heavy atom. The molecular weight excluding hydrogens is 288 g/mol. The SMILES string of the molecule is O=C(O)CCCCCNC(=O)c1ccc2c(c1)OCC(=O)N2. The minimum atomic E-state index is -0.801. The number of unbranched alkanes of at least 4 members (excludes halogenated alkanes) is 2. The van der Waals surface area contributed by atoms with E-state index in [0.29, 0.717) is 30.0 Å². The molecule has 0 saturated heterocycles. The number of ether oxygens (including phenoxy) is 1. The van der Waals surface area contributed by atoms with Crippen molar-refractivity contribution in [3.8, 4) is 5.75 Å². The van der Waals surface area contributed by atoms with E-state index in [-0.39, 0.29) is 24.8 Å². The van der Waals surface area contributed by atoms with Gasteiger partial charge >= 0.3 is 5.97 Å². The van der Waals surface area contributed by atoms with Gasteiger partial charge in [-0.05, 0) is 31.0 Å². The van der Waals surface area contributed by atoms with E-state index >= 15 is 0 Å². The van der Waals surface area contributed by atoms with Gasteiger partial charge in [-0.2, -0.15) is 0 Å². The highest BCUT2D eigenvalue weighted by Gasteiger charge is 2.17. The number of anilines is 1. The summed E-state index contributed by atoms with van der Waals surface area (Å²) in [5, 5.41) is 13.9. The third-order valence-corrected chi connectivity index (χ3v) is 3.23. The molecule has 2 amide bonds. The van der Waals surface area contributed by atoms with Crippen molar-refractivity contribution >= 4 is 23.5 Å². The van der Waals surface area contributed by atoms with Crippen molar-refractivity contribution in [1.29, 1.82) is 0 Å². The number of amides is 2. The number of carboxylic acids is 1. The first-order chi connectivity index (χ1) is 10.6. The number of carbonyl (C=O) groups is 3. The molecule has 0 fully saturated rings. The van der Waals surface area contributed by atoms with Crippen LogP contribution in [0.5, 0.6) is 5.75 Å². The van der Waals surface area contributed by atoms with Crippen LogP contribution in [0.4, 0.5) is 5.69 Å². The average Bonchev–Trinajstić information content (AvgIpc) is 2.49.